The number of hydrogen-bond donors (Lipinski definition) is 1. The molecule has 0 fully saturated rings. The smallest absolute Gasteiger partial charge is 0.173 e. The van der Waals surface area contributed by atoms with E-state index in [-0.39, 0.29) is 0 Å². The second-order valence-corrected chi connectivity index (χ2v) is 6.34. The van der Waals surface area contributed by atoms with Crippen molar-refractivity contribution in [1.29, 1.82) is 0 Å². The van der Waals surface area contributed by atoms with Crippen molar-refractivity contribution in [3.63, 3.8) is 0 Å². The number of rotatable bonds is 5. The average Bonchev–Trinajstić information content (AvgIpc) is 2.79. The SMILES string of the molecule is C(=C\c1ccccc1)/C=N/NC(=Nc1ccccc1)c1ccc2ccccc2n1. The summed E-state index contributed by atoms with van der Waals surface area (Å²) in [4.78, 5) is 9.43. The van der Waals surface area contributed by atoms with Crippen molar-refractivity contribution < 1.29 is 0 Å². The molecule has 1 heterocycles. The molecule has 0 aliphatic carbocycles. The number of benzene rings is 3. The van der Waals surface area contributed by atoms with Gasteiger partial charge in [-0.15, -0.1) is 0 Å². The Kier molecular flexibility index (Phi) is 5.84. The number of para-hydroxylation sites is 2. The first-order valence-electron chi connectivity index (χ1n) is 9.39. The summed E-state index contributed by atoms with van der Waals surface area (Å²) in [7, 11) is 0. The van der Waals surface area contributed by atoms with E-state index in [2.05, 4.69) is 10.5 Å². The minimum Gasteiger partial charge on any atom is -0.260 e. The van der Waals surface area contributed by atoms with E-state index in [9.17, 15) is 0 Å². The molecule has 29 heavy (non-hydrogen) atoms. The van der Waals surface area contributed by atoms with Crippen molar-refractivity contribution in [2.24, 2.45) is 10.1 Å². The molecule has 0 unspecified atom stereocenters. The fourth-order valence-electron chi connectivity index (χ4n) is 2.83. The van der Waals surface area contributed by atoms with Gasteiger partial charge in [0.25, 0.3) is 0 Å². The van der Waals surface area contributed by atoms with Crippen molar-refractivity contribution in [2.75, 3.05) is 0 Å². The number of nitrogens with one attached hydrogen (secondary N) is 1. The van der Waals surface area contributed by atoms with E-state index >= 15 is 0 Å². The van der Waals surface area contributed by atoms with Crippen LogP contribution in [0.4, 0.5) is 5.69 Å². The molecule has 4 nitrogen and oxygen atoms in total. The van der Waals surface area contributed by atoms with E-state index in [0.717, 1.165) is 27.8 Å². The van der Waals surface area contributed by atoms with Crippen LogP contribution in [0.5, 0.6) is 0 Å². The Morgan fingerprint density at radius 2 is 1.48 bits per heavy atom. The molecule has 4 heteroatoms. The number of hydrogen-bond acceptors (Lipinski definition) is 3. The number of nitrogens with zero attached hydrogens (tertiary/aromatic N) is 3. The van der Waals surface area contributed by atoms with Crippen LogP contribution in [0.25, 0.3) is 17.0 Å². The Labute approximate surface area is 170 Å². The van der Waals surface area contributed by atoms with Gasteiger partial charge in [-0.25, -0.2) is 9.98 Å². The highest BCUT2D eigenvalue weighted by atomic mass is 15.3. The van der Waals surface area contributed by atoms with Gasteiger partial charge in [-0.1, -0.05) is 78.9 Å². The number of pyridine rings is 1. The third kappa shape index (κ3) is 5.02. The first-order valence-corrected chi connectivity index (χ1v) is 9.39. The summed E-state index contributed by atoms with van der Waals surface area (Å²) in [5, 5.41) is 5.39. The van der Waals surface area contributed by atoms with Gasteiger partial charge in [0.05, 0.1) is 11.2 Å². The maximum absolute atomic E-state index is 4.73. The Morgan fingerprint density at radius 1 is 0.759 bits per heavy atom. The molecule has 0 atom stereocenters. The maximum atomic E-state index is 4.73. The highest BCUT2D eigenvalue weighted by molar-refractivity contribution is 6.00. The molecular weight excluding hydrogens is 356 g/mol. The highest BCUT2D eigenvalue weighted by Gasteiger charge is 2.06. The quantitative estimate of drug-likeness (QED) is 0.280. The minimum absolute atomic E-state index is 0.589. The maximum Gasteiger partial charge on any atom is 0.173 e. The third-order valence-corrected chi connectivity index (χ3v) is 4.26. The van der Waals surface area contributed by atoms with Gasteiger partial charge in [0.1, 0.15) is 5.69 Å². The van der Waals surface area contributed by atoms with Crippen LogP contribution in [0.2, 0.25) is 0 Å². The summed E-state index contributed by atoms with van der Waals surface area (Å²) in [6.07, 6.45) is 5.58. The third-order valence-electron chi connectivity index (χ3n) is 4.26. The molecule has 0 spiro atoms. The Bertz CT molecular complexity index is 1160. The fraction of sp³-hybridized carbons (Fsp3) is 0. The monoisotopic (exact) mass is 376 g/mol. The average molecular weight is 376 g/mol. The summed E-state index contributed by atoms with van der Waals surface area (Å²) in [5.41, 5.74) is 6.64. The van der Waals surface area contributed by atoms with Crippen LogP contribution in [0.1, 0.15) is 11.3 Å². The number of amidine groups is 1. The lowest BCUT2D eigenvalue weighted by Crippen LogP contribution is -2.20. The van der Waals surface area contributed by atoms with E-state index in [0.29, 0.717) is 5.84 Å². The van der Waals surface area contributed by atoms with Crippen LogP contribution < -0.4 is 5.43 Å². The van der Waals surface area contributed by atoms with Crippen LogP contribution in [0.15, 0.2) is 113 Å². The second kappa shape index (κ2) is 9.24. The molecule has 4 aromatic rings. The summed E-state index contributed by atoms with van der Waals surface area (Å²) in [6.45, 7) is 0. The van der Waals surface area contributed by atoms with Gasteiger partial charge < -0.3 is 0 Å². The molecule has 0 aliphatic heterocycles. The number of fused-ring (bicyclic) bond motifs is 1. The normalized spacial score (nSPS) is 12.1. The molecule has 0 amide bonds. The zero-order valence-electron chi connectivity index (χ0n) is 15.8. The lowest BCUT2D eigenvalue weighted by molar-refractivity contribution is 1.02. The van der Waals surface area contributed by atoms with Crippen LogP contribution in [-0.4, -0.2) is 17.0 Å². The fourth-order valence-corrected chi connectivity index (χ4v) is 2.83. The van der Waals surface area contributed by atoms with Crippen molar-refractivity contribution in [3.8, 4) is 0 Å². The van der Waals surface area contributed by atoms with Gasteiger partial charge in [-0.3, -0.25) is 5.43 Å². The summed E-state index contributed by atoms with van der Waals surface area (Å²) >= 11 is 0. The van der Waals surface area contributed by atoms with Gasteiger partial charge in [-0.05, 0) is 35.9 Å². The molecule has 1 N–H and O–H groups in total. The Hall–Kier alpha value is -4.05. The molecule has 0 saturated heterocycles. The van der Waals surface area contributed by atoms with Crippen molar-refractivity contribution in [2.45, 2.75) is 0 Å². The second-order valence-electron chi connectivity index (χ2n) is 6.34. The molecule has 3 aromatic carbocycles. The molecule has 140 valence electrons. The molecule has 1 aromatic heterocycles. The van der Waals surface area contributed by atoms with Crippen LogP contribution >= 0.6 is 0 Å². The van der Waals surface area contributed by atoms with Gasteiger partial charge in [0.15, 0.2) is 5.84 Å². The molecule has 0 saturated carbocycles. The molecule has 0 bridgehead atoms. The Morgan fingerprint density at radius 3 is 2.31 bits per heavy atom. The predicted molar refractivity (Wildman–Crippen MR) is 121 cm³/mol. The van der Waals surface area contributed by atoms with Crippen molar-refractivity contribution in [3.05, 3.63) is 114 Å². The topological polar surface area (TPSA) is 49.6 Å². The summed E-state index contributed by atoms with van der Waals surface area (Å²) < 4.78 is 0. The van der Waals surface area contributed by atoms with E-state index < -0.39 is 0 Å². The van der Waals surface area contributed by atoms with E-state index in [1.807, 2.05) is 109 Å². The number of hydrazone groups is 1. The first-order chi connectivity index (χ1) is 14.4. The largest absolute Gasteiger partial charge is 0.260 e. The van der Waals surface area contributed by atoms with E-state index in [4.69, 9.17) is 9.98 Å². The lowest BCUT2D eigenvalue weighted by Gasteiger charge is -2.07. The van der Waals surface area contributed by atoms with Gasteiger partial charge in [0.2, 0.25) is 0 Å². The Balaban J connectivity index is 1.59. The number of allylic oxidation sites excluding steroid dienone is 1. The van der Waals surface area contributed by atoms with E-state index in [1.165, 1.54) is 0 Å². The summed E-state index contributed by atoms with van der Waals surface area (Å²) in [6, 6.07) is 31.9. The number of aliphatic imine (C=N–C) groups is 1. The van der Waals surface area contributed by atoms with Gasteiger partial charge in [-0.2, -0.15) is 5.10 Å². The molecular formula is C25H20N4. The molecule has 4 rings (SSSR count). The lowest BCUT2D eigenvalue weighted by atomic mass is 10.2. The number of aromatic nitrogens is 1. The van der Waals surface area contributed by atoms with Gasteiger partial charge in [0, 0.05) is 11.6 Å². The van der Waals surface area contributed by atoms with Crippen molar-refractivity contribution in [1.82, 2.24) is 10.4 Å². The van der Waals surface area contributed by atoms with Crippen LogP contribution in [0, 0.1) is 0 Å². The zero-order chi connectivity index (χ0) is 19.7. The van der Waals surface area contributed by atoms with Crippen molar-refractivity contribution >= 4 is 34.7 Å². The molecule has 0 aliphatic rings. The van der Waals surface area contributed by atoms with Crippen LogP contribution in [-0.2, 0) is 0 Å². The zero-order valence-corrected chi connectivity index (χ0v) is 15.8. The van der Waals surface area contributed by atoms with Crippen LogP contribution in [0.3, 0.4) is 0 Å². The molecule has 0 radical (unpaired) electrons. The standard InChI is InChI=1S/C25H20N4/c1-3-10-20(11-4-1)12-9-19-26-29-25(27-22-14-5-2-6-15-22)24-18-17-21-13-7-8-16-23(21)28-24/h1-19H,(H,27,29)/b12-9+,26-19+. The highest BCUT2D eigenvalue weighted by Crippen LogP contribution is 2.15. The minimum atomic E-state index is 0.589. The van der Waals surface area contributed by atoms with E-state index in [1.54, 1.807) is 6.21 Å². The summed E-state index contributed by atoms with van der Waals surface area (Å²) in [5.74, 6) is 0.589. The predicted octanol–water partition coefficient (Wildman–Crippen LogP) is 5.60. The first kappa shape index (κ1) is 18.3. The van der Waals surface area contributed by atoms with Gasteiger partial charge >= 0.3 is 0 Å².